The van der Waals surface area contributed by atoms with Crippen molar-refractivity contribution in [3.8, 4) is 11.5 Å². The van der Waals surface area contributed by atoms with Crippen LogP contribution in [0.25, 0.3) is 11.0 Å². The Kier molecular flexibility index (Phi) is 8.70. The fourth-order valence-corrected chi connectivity index (χ4v) is 3.20. The number of hydrogen-bond donors (Lipinski definition) is 2. The lowest BCUT2D eigenvalue weighted by molar-refractivity contribution is -0.143. The summed E-state index contributed by atoms with van der Waals surface area (Å²) in [6, 6.07) is 11.8. The number of hydrogen-bond acceptors (Lipinski definition) is 10. The molecule has 1 heterocycles. The standard InChI is InChI=1S/C24H25N5O7/c1-5-36-23(31)20(18-13-25-15-8-6-7-9-16(15)26-18)21(28-29-24(32)35-4)22(30)27-17-12-14(33-2)10-11-19(17)34-3/h6-13,20H,5H2,1-4H3,(H,27,30)(H,29,32)/b28-21-/t20-/m0/s1. The molecule has 36 heavy (non-hydrogen) atoms. The maximum absolute atomic E-state index is 13.5. The van der Waals surface area contributed by atoms with E-state index in [1.54, 1.807) is 43.3 Å². The zero-order valence-electron chi connectivity index (χ0n) is 20.1. The monoisotopic (exact) mass is 495 g/mol. The lowest BCUT2D eigenvalue weighted by atomic mass is 9.98. The van der Waals surface area contributed by atoms with Gasteiger partial charge >= 0.3 is 12.1 Å². The second-order valence-corrected chi connectivity index (χ2v) is 7.09. The van der Waals surface area contributed by atoms with Crippen molar-refractivity contribution in [2.24, 2.45) is 5.10 Å². The van der Waals surface area contributed by atoms with Gasteiger partial charge in [-0.25, -0.2) is 15.2 Å². The highest BCUT2D eigenvalue weighted by atomic mass is 16.5. The van der Waals surface area contributed by atoms with E-state index < -0.39 is 29.6 Å². The van der Waals surface area contributed by atoms with Crippen LogP contribution in [0, 0.1) is 0 Å². The Balaban J connectivity index is 2.11. The molecule has 0 fully saturated rings. The van der Waals surface area contributed by atoms with Crippen molar-refractivity contribution in [3.05, 3.63) is 54.4 Å². The van der Waals surface area contributed by atoms with Crippen LogP contribution in [0.5, 0.6) is 11.5 Å². The van der Waals surface area contributed by atoms with Gasteiger partial charge < -0.3 is 24.3 Å². The first-order valence-electron chi connectivity index (χ1n) is 10.7. The highest BCUT2D eigenvalue weighted by molar-refractivity contribution is 6.48. The van der Waals surface area contributed by atoms with Crippen LogP contribution in [0.15, 0.2) is 53.8 Å². The molecule has 2 N–H and O–H groups in total. The summed E-state index contributed by atoms with van der Waals surface area (Å²) in [4.78, 5) is 47.1. The molecular weight excluding hydrogens is 470 g/mol. The van der Waals surface area contributed by atoms with Gasteiger partial charge in [-0.2, -0.15) is 5.10 Å². The minimum atomic E-state index is -1.43. The first-order chi connectivity index (χ1) is 17.4. The predicted molar refractivity (Wildman–Crippen MR) is 130 cm³/mol. The predicted octanol–water partition coefficient (Wildman–Crippen LogP) is 2.64. The molecule has 0 radical (unpaired) electrons. The molecule has 0 aliphatic carbocycles. The summed E-state index contributed by atoms with van der Waals surface area (Å²) in [6.45, 7) is 1.64. The topological polar surface area (TPSA) is 150 Å². The molecule has 0 unspecified atom stereocenters. The van der Waals surface area contributed by atoms with E-state index in [0.29, 0.717) is 22.5 Å². The molecule has 0 aliphatic heterocycles. The average Bonchev–Trinajstić information content (AvgIpc) is 2.90. The number of nitrogens with one attached hydrogen (secondary N) is 2. The van der Waals surface area contributed by atoms with Gasteiger partial charge in [0.1, 0.15) is 23.1 Å². The Morgan fingerprint density at radius 2 is 1.78 bits per heavy atom. The van der Waals surface area contributed by atoms with Gasteiger partial charge in [0.15, 0.2) is 0 Å². The van der Waals surface area contributed by atoms with E-state index in [0.717, 1.165) is 7.11 Å². The number of ether oxygens (including phenoxy) is 4. The smallest absolute Gasteiger partial charge is 0.427 e. The summed E-state index contributed by atoms with van der Waals surface area (Å²) >= 11 is 0. The van der Waals surface area contributed by atoms with Crippen molar-refractivity contribution in [1.82, 2.24) is 15.4 Å². The number of carbonyl (C=O) groups is 3. The zero-order chi connectivity index (χ0) is 26.1. The maximum atomic E-state index is 13.5. The van der Waals surface area contributed by atoms with Gasteiger partial charge in [0.05, 0.1) is 56.5 Å². The van der Waals surface area contributed by atoms with Crippen molar-refractivity contribution < 1.29 is 33.3 Å². The van der Waals surface area contributed by atoms with Crippen LogP contribution < -0.4 is 20.2 Å². The molecule has 12 nitrogen and oxygen atoms in total. The lowest BCUT2D eigenvalue weighted by Gasteiger charge is -2.18. The minimum Gasteiger partial charge on any atom is -0.497 e. The molecule has 3 rings (SSSR count). The van der Waals surface area contributed by atoms with Crippen LogP contribution in [0.1, 0.15) is 18.5 Å². The van der Waals surface area contributed by atoms with Crippen LogP contribution in [0.3, 0.4) is 0 Å². The first kappa shape index (κ1) is 25.9. The molecule has 1 aromatic heterocycles. The van der Waals surface area contributed by atoms with E-state index in [1.807, 2.05) is 0 Å². The summed E-state index contributed by atoms with van der Waals surface area (Å²) in [6.07, 6.45) is 0.392. The molecule has 0 spiro atoms. The highest BCUT2D eigenvalue weighted by Gasteiger charge is 2.35. The Morgan fingerprint density at radius 1 is 1.03 bits per heavy atom. The Morgan fingerprint density at radius 3 is 2.44 bits per heavy atom. The molecule has 2 aromatic carbocycles. The summed E-state index contributed by atoms with van der Waals surface area (Å²) in [5.41, 5.74) is 3.06. The normalized spacial score (nSPS) is 11.8. The van der Waals surface area contributed by atoms with Crippen molar-refractivity contribution in [3.63, 3.8) is 0 Å². The molecule has 2 amide bonds. The quantitative estimate of drug-likeness (QED) is 0.259. The van der Waals surface area contributed by atoms with Crippen LogP contribution in [0.4, 0.5) is 10.5 Å². The molecule has 0 aliphatic rings. The van der Waals surface area contributed by atoms with Gasteiger partial charge in [-0.1, -0.05) is 12.1 Å². The number of anilines is 1. The number of aromatic nitrogens is 2. The number of hydrazone groups is 1. The molecule has 188 valence electrons. The fourth-order valence-electron chi connectivity index (χ4n) is 3.20. The third-order valence-corrected chi connectivity index (χ3v) is 4.90. The van der Waals surface area contributed by atoms with Crippen LogP contribution >= 0.6 is 0 Å². The number of rotatable bonds is 9. The number of nitrogens with zero attached hydrogens (tertiary/aromatic N) is 3. The minimum absolute atomic E-state index is 0.0272. The maximum Gasteiger partial charge on any atom is 0.427 e. The fraction of sp³-hybridized carbons (Fsp3) is 0.250. The van der Waals surface area contributed by atoms with Gasteiger partial charge in [0, 0.05) is 6.07 Å². The molecule has 3 aromatic rings. The zero-order valence-corrected chi connectivity index (χ0v) is 20.1. The van der Waals surface area contributed by atoms with Crippen molar-refractivity contribution in [1.29, 1.82) is 0 Å². The van der Waals surface area contributed by atoms with E-state index in [1.165, 1.54) is 26.5 Å². The number of amides is 2. The first-order valence-corrected chi connectivity index (χ1v) is 10.7. The third-order valence-electron chi connectivity index (χ3n) is 4.90. The second kappa shape index (κ2) is 12.1. The number of esters is 1. The molecule has 0 bridgehead atoms. The van der Waals surface area contributed by atoms with Crippen LogP contribution in [0.2, 0.25) is 0 Å². The number of para-hydroxylation sites is 2. The third kappa shape index (κ3) is 6.03. The largest absolute Gasteiger partial charge is 0.497 e. The molecule has 0 saturated carbocycles. The van der Waals surface area contributed by atoms with E-state index in [9.17, 15) is 14.4 Å². The van der Waals surface area contributed by atoms with Gasteiger partial charge in [0.25, 0.3) is 5.91 Å². The van der Waals surface area contributed by atoms with Crippen LogP contribution in [-0.4, -0.2) is 61.6 Å². The van der Waals surface area contributed by atoms with Crippen LogP contribution in [-0.2, 0) is 19.1 Å². The number of fused-ring (bicyclic) bond motifs is 1. The highest BCUT2D eigenvalue weighted by Crippen LogP contribution is 2.29. The summed E-state index contributed by atoms with van der Waals surface area (Å²) < 4.78 is 20.3. The van der Waals surface area contributed by atoms with Gasteiger partial charge in [-0.05, 0) is 31.2 Å². The van der Waals surface area contributed by atoms with Gasteiger partial charge in [-0.15, -0.1) is 0 Å². The van der Waals surface area contributed by atoms with Gasteiger partial charge in [0.2, 0.25) is 0 Å². The van der Waals surface area contributed by atoms with E-state index in [4.69, 9.17) is 14.2 Å². The Hall–Kier alpha value is -4.74. The SMILES string of the molecule is CCOC(=O)[C@H](/C(=N/NC(=O)OC)C(=O)Nc1cc(OC)ccc1OC)c1cnc2ccccc2n1. The summed E-state index contributed by atoms with van der Waals surface area (Å²) in [5, 5.41) is 6.53. The number of methoxy groups -OCH3 is 3. The molecule has 1 atom stereocenters. The molecular formula is C24H25N5O7. The number of carbonyl (C=O) groups excluding carboxylic acids is 3. The Bertz CT molecular complexity index is 1290. The van der Waals surface area contributed by atoms with E-state index in [2.05, 4.69) is 30.5 Å². The van der Waals surface area contributed by atoms with Crippen molar-refractivity contribution in [2.75, 3.05) is 33.3 Å². The lowest BCUT2D eigenvalue weighted by Crippen LogP contribution is -2.37. The Labute approximate surface area is 206 Å². The average molecular weight is 495 g/mol. The van der Waals surface area contributed by atoms with E-state index in [-0.39, 0.29) is 18.0 Å². The second-order valence-electron chi connectivity index (χ2n) is 7.09. The van der Waals surface area contributed by atoms with Crippen molar-refractivity contribution >= 4 is 40.4 Å². The van der Waals surface area contributed by atoms with Crippen molar-refractivity contribution in [2.45, 2.75) is 12.8 Å². The summed E-state index contributed by atoms with van der Waals surface area (Å²) in [7, 11) is 4.02. The molecule has 0 saturated heterocycles. The van der Waals surface area contributed by atoms with Gasteiger partial charge in [-0.3, -0.25) is 14.6 Å². The molecule has 12 heteroatoms. The number of benzene rings is 2. The van der Waals surface area contributed by atoms with E-state index >= 15 is 0 Å². The summed E-state index contributed by atoms with van der Waals surface area (Å²) in [5.74, 6) is -2.33.